The minimum atomic E-state index is -0.486. The average Bonchev–Trinajstić information content (AvgIpc) is 2.65. The number of aryl methyl sites for hydroxylation is 2. The molecule has 27 heavy (non-hydrogen) atoms. The summed E-state index contributed by atoms with van der Waals surface area (Å²) in [5.41, 5.74) is 2.70. The van der Waals surface area contributed by atoms with E-state index in [0.717, 1.165) is 11.1 Å². The van der Waals surface area contributed by atoms with Crippen molar-refractivity contribution in [2.75, 3.05) is 7.11 Å². The molecular weight excluding hydrogens is 344 g/mol. The zero-order valence-electron chi connectivity index (χ0n) is 16.1. The van der Waals surface area contributed by atoms with Crippen LogP contribution in [0.3, 0.4) is 0 Å². The summed E-state index contributed by atoms with van der Waals surface area (Å²) in [6, 6.07) is 10.6. The van der Waals surface area contributed by atoms with Gasteiger partial charge in [0.2, 0.25) is 11.2 Å². The van der Waals surface area contributed by atoms with Crippen LogP contribution in [0.15, 0.2) is 45.6 Å². The summed E-state index contributed by atoms with van der Waals surface area (Å²) in [7, 11) is 1.58. The summed E-state index contributed by atoms with van der Waals surface area (Å²) >= 11 is 0. The van der Waals surface area contributed by atoms with E-state index in [4.69, 9.17) is 13.9 Å². The Balaban J connectivity index is 2.29. The van der Waals surface area contributed by atoms with E-state index in [2.05, 4.69) is 0 Å². The lowest BCUT2D eigenvalue weighted by molar-refractivity contribution is -0.137. The molecule has 0 fully saturated rings. The molecule has 5 nitrogen and oxygen atoms in total. The van der Waals surface area contributed by atoms with E-state index in [9.17, 15) is 9.59 Å². The fourth-order valence-electron chi connectivity index (χ4n) is 2.68. The first-order valence-corrected chi connectivity index (χ1v) is 8.76. The summed E-state index contributed by atoms with van der Waals surface area (Å²) in [6.45, 7) is 7.30. The van der Waals surface area contributed by atoms with E-state index in [-0.39, 0.29) is 22.9 Å². The van der Waals surface area contributed by atoms with Crippen molar-refractivity contribution in [1.29, 1.82) is 0 Å². The molecule has 0 aliphatic heterocycles. The van der Waals surface area contributed by atoms with Gasteiger partial charge in [0.1, 0.15) is 11.3 Å². The van der Waals surface area contributed by atoms with E-state index < -0.39 is 5.97 Å². The lowest BCUT2D eigenvalue weighted by Gasteiger charge is -2.13. The number of esters is 1. The molecule has 5 heteroatoms. The Hall–Kier alpha value is -3.08. The van der Waals surface area contributed by atoms with Crippen LogP contribution < -0.4 is 14.9 Å². The maximum Gasteiger partial charge on any atom is 0.314 e. The number of fused-ring (bicyclic) bond motifs is 1. The fourth-order valence-corrected chi connectivity index (χ4v) is 2.68. The minimum absolute atomic E-state index is 0.0883. The van der Waals surface area contributed by atoms with Crippen LogP contribution in [0.1, 0.15) is 25.0 Å². The predicted molar refractivity (Wildman–Crippen MR) is 104 cm³/mol. The Bertz CT molecular complexity index is 1060. The van der Waals surface area contributed by atoms with Gasteiger partial charge in [0.05, 0.1) is 18.4 Å². The van der Waals surface area contributed by atoms with Gasteiger partial charge in [0, 0.05) is 5.56 Å². The van der Waals surface area contributed by atoms with Gasteiger partial charge in [-0.15, -0.1) is 0 Å². The van der Waals surface area contributed by atoms with E-state index in [1.54, 1.807) is 51.3 Å². The van der Waals surface area contributed by atoms with Gasteiger partial charge in [-0.3, -0.25) is 9.59 Å². The molecule has 0 unspecified atom stereocenters. The number of methoxy groups -OCH3 is 1. The highest BCUT2D eigenvalue weighted by atomic mass is 16.5. The maximum absolute atomic E-state index is 13.1. The highest BCUT2D eigenvalue weighted by molar-refractivity contribution is 5.85. The van der Waals surface area contributed by atoms with Crippen molar-refractivity contribution >= 4 is 16.9 Å². The van der Waals surface area contributed by atoms with Crippen LogP contribution in [0.2, 0.25) is 0 Å². The maximum atomic E-state index is 13.1. The van der Waals surface area contributed by atoms with Crippen LogP contribution in [0.5, 0.6) is 11.5 Å². The molecule has 0 N–H and O–H groups in total. The predicted octanol–water partition coefficient (Wildman–Crippen LogP) is 4.65. The second kappa shape index (κ2) is 7.27. The third-order valence-corrected chi connectivity index (χ3v) is 4.49. The molecule has 1 aromatic heterocycles. The zero-order chi connectivity index (χ0) is 19.7. The van der Waals surface area contributed by atoms with Crippen LogP contribution in [0.25, 0.3) is 22.3 Å². The summed E-state index contributed by atoms with van der Waals surface area (Å²) < 4.78 is 16.7. The van der Waals surface area contributed by atoms with E-state index >= 15 is 0 Å². The molecule has 3 rings (SSSR count). The molecule has 0 atom stereocenters. The summed E-state index contributed by atoms with van der Waals surface area (Å²) in [6.07, 6.45) is 0. The van der Waals surface area contributed by atoms with Gasteiger partial charge in [0.25, 0.3) is 0 Å². The molecule has 2 aromatic carbocycles. The Morgan fingerprint density at radius 2 is 1.67 bits per heavy atom. The summed E-state index contributed by atoms with van der Waals surface area (Å²) in [5.74, 6) is -0.0417. The highest BCUT2D eigenvalue weighted by Crippen LogP contribution is 2.33. The molecule has 0 aliphatic rings. The van der Waals surface area contributed by atoms with Crippen molar-refractivity contribution in [3.05, 3.63) is 57.7 Å². The van der Waals surface area contributed by atoms with Crippen LogP contribution in [-0.2, 0) is 4.79 Å². The van der Waals surface area contributed by atoms with Gasteiger partial charge < -0.3 is 13.9 Å². The topological polar surface area (TPSA) is 65.7 Å². The van der Waals surface area contributed by atoms with Crippen LogP contribution in [-0.4, -0.2) is 13.1 Å². The lowest BCUT2D eigenvalue weighted by atomic mass is 10.0. The van der Waals surface area contributed by atoms with Crippen molar-refractivity contribution in [3.8, 4) is 22.8 Å². The molecule has 0 saturated heterocycles. The fraction of sp³-hybridized carbons (Fsp3) is 0.273. The molecule has 3 aromatic rings. The Morgan fingerprint density at radius 1 is 1.04 bits per heavy atom. The number of hydrogen-bond donors (Lipinski definition) is 0. The molecule has 0 spiro atoms. The van der Waals surface area contributed by atoms with Crippen LogP contribution in [0.4, 0.5) is 0 Å². The third-order valence-electron chi connectivity index (χ3n) is 4.49. The highest BCUT2D eigenvalue weighted by Gasteiger charge is 2.22. The second-order valence-electron chi connectivity index (χ2n) is 6.83. The van der Waals surface area contributed by atoms with Gasteiger partial charge in [0.15, 0.2) is 5.76 Å². The van der Waals surface area contributed by atoms with Gasteiger partial charge in [-0.1, -0.05) is 13.8 Å². The molecule has 0 radical (unpaired) electrons. The lowest BCUT2D eigenvalue weighted by Crippen LogP contribution is -2.20. The van der Waals surface area contributed by atoms with Gasteiger partial charge in [-0.05, 0) is 61.4 Å². The Morgan fingerprint density at radius 3 is 2.26 bits per heavy atom. The number of hydrogen-bond acceptors (Lipinski definition) is 5. The molecule has 0 bridgehead atoms. The standard InChI is InChI=1S/C22H22O5/c1-12(2)22(24)27-21-19(23)17-10-13(3)14(4)11-18(17)26-20(21)15-6-8-16(25-5)9-7-15/h6-12H,1-5H3. The van der Waals surface area contributed by atoms with E-state index in [0.29, 0.717) is 22.3 Å². The largest absolute Gasteiger partial charge is 0.497 e. The smallest absolute Gasteiger partial charge is 0.314 e. The zero-order valence-corrected chi connectivity index (χ0v) is 16.1. The SMILES string of the molecule is COc1ccc(-c2oc3cc(C)c(C)cc3c(=O)c2OC(=O)C(C)C)cc1. The third kappa shape index (κ3) is 3.58. The molecular formula is C22H22O5. The average molecular weight is 366 g/mol. The number of carbonyl (C=O) groups is 1. The summed E-state index contributed by atoms with van der Waals surface area (Å²) in [5, 5.41) is 0.391. The first-order chi connectivity index (χ1) is 12.8. The second-order valence-corrected chi connectivity index (χ2v) is 6.83. The van der Waals surface area contributed by atoms with Gasteiger partial charge in [-0.25, -0.2) is 0 Å². The van der Waals surface area contributed by atoms with Gasteiger partial charge >= 0.3 is 5.97 Å². The van der Waals surface area contributed by atoms with Crippen molar-refractivity contribution in [2.45, 2.75) is 27.7 Å². The molecule has 140 valence electrons. The number of benzene rings is 2. The van der Waals surface area contributed by atoms with Crippen molar-refractivity contribution in [2.24, 2.45) is 5.92 Å². The number of rotatable bonds is 4. The van der Waals surface area contributed by atoms with E-state index in [1.165, 1.54) is 0 Å². The van der Waals surface area contributed by atoms with Crippen LogP contribution in [0, 0.1) is 19.8 Å². The van der Waals surface area contributed by atoms with Gasteiger partial charge in [-0.2, -0.15) is 0 Å². The number of ether oxygens (including phenoxy) is 2. The molecule has 0 amide bonds. The Labute approximate surface area is 157 Å². The molecule has 0 aliphatic carbocycles. The van der Waals surface area contributed by atoms with E-state index in [1.807, 2.05) is 19.9 Å². The van der Waals surface area contributed by atoms with Crippen molar-refractivity contribution < 1.29 is 18.7 Å². The first-order valence-electron chi connectivity index (χ1n) is 8.76. The normalized spacial score (nSPS) is 11.0. The number of carbonyl (C=O) groups excluding carboxylic acids is 1. The quantitative estimate of drug-likeness (QED) is 0.629. The summed E-state index contributed by atoms with van der Waals surface area (Å²) in [4.78, 5) is 25.3. The molecule has 1 heterocycles. The van der Waals surface area contributed by atoms with Crippen LogP contribution >= 0.6 is 0 Å². The molecule has 0 saturated carbocycles. The monoisotopic (exact) mass is 366 g/mol. The first kappa shape index (κ1) is 18.7. The minimum Gasteiger partial charge on any atom is -0.497 e. The Kier molecular flexibility index (Phi) is 5.04. The van der Waals surface area contributed by atoms with Crippen molar-refractivity contribution in [1.82, 2.24) is 0 Å². The van der Waals surface area contributed by atoms with Crippen molar-refractivity contribution in [3.63, 3.8) is 0 Å².